The second-order valence-electron chi connectivity index (χ2n) is 6.21. The normalized spacial score (nSPS) is 10.0. The van der Waals surface area contributed by atoms with Crippen LogP contribution < -0.4 is 19.5 Å². The third kappa shape index (κ3) is 7.20. The summed E-state index contributed by atoms with van der Waals surface area (Å²) in [5.41, 5.74) is 0.0236. The third-order valence-corrected chi connectivity index (χ3v) is 3.47. The molecular weight excluding hydrogens is 429 g/mol. The summed E-state index contributed by atoms with van der Waals surface area (Å²) in [7, 11) is 0. The lowest BCUT2D eigenvalue weighted by molar-refractivity contribution is -0.135. The van der Waals surface area contributed by atoms with E-state index in [1.807, 2.05) is 0 Å². The second kappa shape index (κ2) is 10.7. The van der Waals surface area contributed by atoms with E-state index in [1.54, 1.807) is 0 Å². The maximum Gasteiger partial charge on any atom is 0.338 e. The van der Waals surface area contributed by atoms with Gasteiger partial charge in [0.1, 0.15) is 5.82 Å². The van der Waals surface area contributed by atoms with Gasteiger partial charge in [0.25, 0.3) is 5.91 Å². The quantitative estimate of drug-likeness (QED) is 0.501. The van der Waals surface area contributed by atoms with Gasteiger partial charge < -0.3 is 24.3 Å². The fourth-order valence-electron chi connectivity index (χ4n) is 2.34. The topological polar surface area (TPSA) is 134 Å². The fraction of sp³-hybridized carbons (Fsp3) is 0.190. The molecule has 0 heterocycles. The van der Waals surface area contributed by atoms with Gasteiger partial charge in [0.05, 0.1) is 5.56 Å². The minimum atomic E-state index is -1.03. The summed E-state index contributed by atoms with van der Waals surface area (Å²) in [6, 6.07) is 6.96. The van der Waals surface area contributed by atoms with Crippen LogP contribution in [0.5, 0.6) is 17.2 Å². The van der Waals surface area contributed by atoms with E-state index in [-0.39, 0.29) is 22.7 Å². The summed E-state index contributed by atoms with van der Waals surface area (Å²) in [6.07, 6.45) is 0. The number of nitrogens with one attached hydrogen (secondary N) is 1. The molecule has 11 heteroatoms. The number of amides is 1. The summed E-state index contributed by atoms with van der Waals surface area (Å²) in [4.78, 5) is 58.6. The molecule has 1 amide bonds. The first-order valence-corrected chi connectivity index (χ1v) is 9.01. The standard InChI is InChI=1S/C21H18FNO9/c1-11(24)30-17-8-14(9-18(31-12(2)25)20(17)32-13(3)26)21(28)29-10-19(27)23-16-6-4-15(22)5-7-16/h4-9H,10H2,1-3H3,(H,23,27). The zero-order valence-electron chi connectivity index (χ0n) is 17.2. The molecular formula is C21H18FNO9. The van der Waals surface area contributed by atoms with E-state index < -0.39 is 48.0 Å². The Morgan fingerprint density at radius 2 is 1.31 bits per heavy atom. The molecule has 0 spiro atoms. The van der Waals surface area contributed by atoms with Crippen molar-refractivity contribution in [2.75, 3.05) is 11.9 Å². The van der Waals surface area contributed by atoms with Crippen molar-refractivity contribution in [3.05, 3.63) is 47.8 Å². The number of carbonyl (C=O) groups excluding carboxylic acids is 5. The number of hydrogen-bond donors (Lipinski definition) is 1. The summed E-state index contributed by atoms with van der Waals surface area (Å²) in [6.45, 7) is 2.49. The van der Waals surface area contributed by atoms with Gasteiger partial charge in [0.2, 0.25) is 5.75 Å². The summed E-state index contributed by atoms with van der Waals surface area (Å²) in [5, 5.41) is 2.40. The smallest absolute Gasteiger partial charge is 0.338 e. The molecule has 0 atom stereocenters. The molecule has 10 nitrogen and oxygen atoms in total. The lowest BCUT2D eigenvalue weighted by Crippen LogP contribution is -2.21. The highest BCUT2D eigenvalue weighted by atomic mass is 19.1. The van der Waals surface area contributed by atoms with Gasteiger partial charge in [-0.3, -0.25) is 19.2 Å². The monoisotopic (exact) mass is 447 g/mol. The minimum Gasteiger partial charge on any atom is -0.452 e. The van der Waals surface area contributed by atoms with Gasteiger partial charge >= 0.3 is 23.9 Å². The van der Waals surface area contributed by atoms with Gasteiger partial charge in [-0.15, -0.1) is 0 Å². The zero-order valence-corrected chi connectivity index (χ0v) is 17.2. The number of hydrogen-bond acceptors (Lipinski definition) is 9. The highest BCUT2D eigenvalue weighted by molar-refractivity contribution is 5.96. The Morgan fingerprint density at radius 3 is 1.78 bits per heavy atom. The van der Waals surface area contributed by atoms with Crippen molar-refractivity contribution >= 4 is 35.5 Å². The van der Waals surface area contributed by atoms with E-state index in [0.717, 1.165) is 45.0 Å². The van der Waals surface area contributed by atoms with Crippen LogP contribution in [0.3, 0.4) is 0 Å². The number of halogens is 1. The van der Waals surface area contributed by atoms with Crippen LogP contribution >= 0.6 is 0 Å². The van der Waals surface area contributed by atoms with E-state index in [9.17, 15) is 28.4 Å². The van der Waals surface area contributed by atoms with Crippen LogP contribution in [-0.2, 0) is 23.9 Å². The number of esters is 4. The average Bonchev–Trinajstić information content (AvgIpc) is 2.69. The van der Waals surface area contributed by atoms with E-state index >= 15 is 0 Å². The van der Waals surface area contributed by atoms with Crippen LogP contribution in [0.15, 0.2) is 36.4 Å². The molecule has 0 aromatic heterocycles. The van der Waals surface area contributed by atoms with Gasteiger partial charge in [-0.1, -0.05) is 0 Å². The van der Waals surface area contributed by atoms with E-state index in [1.165, 1.54) is 12.1 Å². The van der Waals surface area contributed by atoms with Gasteiger partial charge in [0.15, 0.2) is 18.1 Å². The molecule has 0 unspecified atom stereocenters. The molecule has 0 aliphatic heterocycles. The highest BCUT2D eigenvalue weighted by Gasteiger charge is 2.23. The first-order valence-electron chi connectivity index (χ1n) is 9.01. The number of anilines is 1. The number of ether oxygens (including phenoxy) is 4. The molecule has 0 saturated carbocycles. The van der Waals surface area contributed by atoms with Crippen LogP contribution in [0, 0.1) is 5.82 Å². The molecule has 0 saturated heterocycles. The largest absolute Gasteiger partial charge is 0.452 e. The van der Waals surface area contributed by atoms with Crippen LogP contribution in [0.25, 0.3) is 0 Å². The Bertz CT molecular complexity index is 1030. The van der Waals surface area contributed by atoms with Crippen LogP contribution in [0.2, 0.25) is 0 Å². The molecule has 32 heavy (non-hydrogen) atoms. The molecule has 0 aliphatic rings. The first-order chi connectivity index (χ1) is 15.0. The Labute approximate surface area is 181 Å². The van der Waals surface area contributed by atoms with Crippen molar-refractivity contribution in [3.63, 3.8) is 0 Å². The van der Waals surface area contributed by atoms with Crippen molar-refractivity contribution in [1.29, 1.82) is 0 Å². The average molecular weight is 447 g/mol. The third-order valence-electron chi connectivity index (χ3n) is 3.47. The van der Waals surface area contributed by atoms with Gasteiger partial charge in [-0.2, -0.15) is 0 Å². The van der Waals surface area contributed by atoms with Crippen molar-refractivity contribution in [1.82, 2.24) is 0 Å². The van der Waals surface area contributed by atoms with Gasteiger partial charge in [-0.05, 0) is 36.4 Å². The maximum absolute atomic E-state index is 12.9. The van der Waals surface area contributed by atoms with Crippen molar-refractivity contribution in [2.24, 2.45) is 0 Å². The van der Waals surface area contributed by atoms with E-state index in [2.05, 4.69) is 5.32 Å². The molecule has 168 valence electrons. The molecule has 1 N–H and O–H groups in total. The second-order valence-corrected chi connectivity index (χ2v) is 6.21. The van der Waals surface area contributed by atoms with E-state index in [0.29, 0.717) is 0 Å². The highest BCUT2D eigenvalue weighted by Crippen LogP contribution is 2.39. The zero-order chi connectivity index (χ0) is 23.8. The Kier molecular flexibility index (Phi) is 7.99. The van der Waals surface area contributed by atoms with Crippen molar-refractivity contribution in [3.8, 4) is 17.2 Å². The molecule has 2 aromatic rings. The van der Waals surface area contributed by atoms with Crippen LogP contribution in [-0.4, -0.2) is 36.4 Å². The maximum atomic E-state index is 12.9. The van der Waals surface area contributed by atoms with Gasteiger partial charge in [-0.25, -0.2) is 9.18 Å². The lowest BCUT2D eigenvalue weighted by atomic mass is 10.2. The number of carbonyl (C=O) groups is 5. The number of benzene rings is 2. The summed E-state index contributed by atoms with van der Waals surface area (Å²) in [5.74, 6) is -5.81. The minimum absolute atomic E-state index is 0.261. The summed E-state index contributed by atoms with van der Waals surface area (Å²) >= 11 is 0. The number of rotatable bonds is 7. The van der Waals surface area contributed by atoms with Crippen LogP contribution in [0.4, 0.5) is 10.1 Å². The lowest BCUT2D eigenvalue weighted by Gasteiger charge is -2.14. The molecule has 0 aliphatic carbocycles. The molecule has 0 radical (unpaired) electrons. The van der Waals surface area contributed by atoms with Crippen molar-refractivity contribution in [2.45, 2.75) is 20.8 Å². The predicted molar refractivity (Wildman–Crippen MR) is 106 cm³/mol. The first kappa shape index (κ1) is 24.0. The SMILES string of the molecule is CC(=O)Oc1cc(C(=O)OCC(=O)Nc2ccc(F)cc2)cc(OC(C)=O)c1OC(C)=O. The molecule has 0 bridgehead atoms. The molecule has 2 rings (SSSR count). The Balaban J connectivity index is 2.23. The van der Waals surface area contributed by atoms with Crippen molar-refractivity contribution < 1.29 is 47.3 Å². The Morgan fingerprint density at radius 1 is 0.812 bits per heavy atom. The van der Waals surface area contributed by atoms with E-state index in [4.69, 9.17) is 18.9 Å². The summed E-state index contributed by atoms with van der Waals surface area (Å²) < 4.78 is 32.7. The fourth-order valence-corrected chi connectivity index (χ4v) is 2.34. The van der Waals surface area contributed by atoms with Gasteiger partial charge in [0, 0.05) is 26.5 Å². The molecule has 2 aromatic carbocycles. The molecule has 0 fully saturated rings. The predicted octanol–water partition coefficient (Wildman–Crippen LogP) is 2.40. The Hall–Kier alpha value is -4.28. The van der Waals surface area contributed by atoms with Crippen LogP contribution in [0.1, 0.15) is 31.1 Å².